The predicted molar refractivity (Wildman–Crippen MR) is 53.5 cm³/mol. The Labute approximate surface area is 86.7 Å². The Hall–Kier alpha value is -0.540. The first kappa shape index (κ1) is 9.03. The molecule has 0 N–H and O–H groups in total. The van der Waals surface area contributed by atoms with Gasteiger partial charge in [-0.15, -0.1) is 10.2 Å². The normalized spacial score (nSPS) is 15.9. The molecule has 0 bridgehead atoms. The number of halogens is 2. The summed E-state index contributed by atoms with van der Waals surface area (Å²) in [6, 6.07) is 2.34. The number of nitrogens with zero attached hydrogens (tertiary/aromatic N) is 3. The fraction of sp³-hybridized carbons (Fsp3) is 0.500. The molecular weight excluding hydrogens is 209 g/mol. The molecule has 2 rings (SSSR count). The molecule has 1 saturated carbocycles. The molecule has 1 aromatic rings. The smallest absolute Gasteiger partial charge is 0.175 e. The lowest BCUT2D eigenvalue weighted by molar-refractivity contribution is 0.898. The van der Waals surface area contributed by atoms with E-state index in [0.29, 0.717) is 16.3 Å². The molecule has 1 aliphatic rings. The van der Waals surface area contributed by atoms with Crippen molar-refractivity contribution in [3.8, 4) is 0 Å². The molecule has 0 aliphatic heterocycles. The molecule has 0 spiro atoms. The summed E-state index contributed by atoms with van der Waals surface area (Å²) >= 11 is 11.6. The first-order chi connectivity index (χ1) is 6.18. The van der Waals surface area contributed by atoms with Crippen molar-refractivity contribution in [3.63, 3.8) is 0 Å². The maximum atomic E-state index is 5.89. The summed E-state index contributed by atoms with van der Waals surface area (Å²) in [4.78, 5) is 2.10. The minimum Gasteiger partial charge on any atom is -0.369 e. The number of hydrogen-bond acceptors (Lipinski definition) is 3. The molecule has 0 aromatic carbocycles. The van der Waals surface area contributed by atoms with Gasteiger partial charge in [0.1, 0.15) is 0 Å². The zero-order valence-electron chi connectivity index (χ0n) is 7.17. The van der Waals surface area contributed by atoms with Gasteiger partial charge in [-0.25, -0.2) is 0 Å². The lowest BCUT2D eigenvalue weighted by Gasteiger charge is -2.18. The first-order valence-electron chi connectivity index (χ1n) is 4.10. The minimum atomic E-state index is 0.381. The Kier molecular flexibility index (Phi) is 2.30. The topological polar surface area (TPSA) is 29.0 Å². The van der Waals surface area contributed by atoms with Gasteiger partial charge >= 0.3 is 0 Å². The van der Waals surface area contributed by atoms with Gasteiger partial charge in [0.2, 0.25) is 0 Å². The van der Waals surface area contributed by atoms with Crippen LogP contribution in [0.3, 0.4) is 0 Å². The van der Waals surface area contributed by atoms with Crippen LogP contribution >= 0.6 is 23.2 Å². The van der Waals surface area contributed by atoms with E-state index < -0.39 is 0 Å². The monoisotopic (exact) mass is 217 g/mol. The second-order valence-corrected chi connectivity index (χ2v) is 3.93. The Bertz CT molecular complexity index is 325. The Morgan fingerprint density at radius 3 is 2.69 bits per heavy atom. The van der Waals surface area contributed by atoms with Crippen molar-refractivity contribution >= 4 is 28.9 Å². The Morgan fingerprint density at radius 2 is 2.08 bits per heavy atom. The summed E-state index contributed by atoms with van der Waals surface area (Å²) in [6.45, 7) is 0. The van der Waals surface area contributed by atoms with Crippen LogP contribution in [0.1, 0.15) is 12.8 Å². The van der Waals surface area contributed by atoms with Crippen LogP contribution in [-0.2, 0) is 0 Å². The first-order valence-corrected chi connectivity index (χ1v) is 4.85. The summed E-state index contributed by atoms with van der Waals surface area (Å²) in [5, 5.41) is 8.21. The maximum Gasteiger partial charge on any atom is 0.175 e. The summed E-state index contributed by atoms with van der Waals surface area (Å²) in [5.41, 5.74) is 0.865. The lowest BCUT2D eigenvalue weighted by atomic mass is 10.4. The van der Waals surface area contributed by atoms with Crippen LogP contribution < -0.4 is 4.90 Å². The van der Waals surface area contributed by atoms with Gasteiger partial charge in [0.25, 0.3) is 0 Å². The Balaban J connectivity index is 2.31. The molecule has 13 heavy (non-hydrogen) atoms. The van der Waals surface area contributed by atoms with Crippen LogP contribution in [0.5, 0.6) is 0 Å². The highest BCUT2D eigenvalue weighted by Gasteiger charge is 2.28. The summed E-state index contributed by atoms with van der Waals surface area (Å²) in [5.74, 6) is 0. The molecular formula is C8H9Cl2N3. The van der Waals surface area contributed by atoms with E-state index in [1.165, 1.54) is 12.8 Å². The molecule has 1 aliphatic carbocycles. The van der Waals surface area contributed by atoms with E-state index in [0.717, 1.165) is 5.69 Å². The number of aromatic nitrogens is 2. The van der Waals surface area contributed by atoms with Crippen molar-refractivity contribution in [2.75, 3.05) is 11.9 Å². The van der Waals surface area contributed by atoms with Gasteiger partial charge < -0.3 is 4.90 Å². The molecule has 5 heteroatoms. The van der Waals surface area contributed by atoms with Crippen molar-refractivity contribution in [3.05, 3.63) is 16.4 Å². The largest absolute Gasteiger partial charge is 0.369 e. The summed E-state index contributed by atoms with van der Waals surface area (Å²) in [7, 11) is 2.00. The summed E-state index contributed by atoms with van der Waals surface area (Å²) < 4.78 is 0. The Morgan fingerprint density at radius 1 is 1.38 bits per heavy atom. The van der Waals surface area contributed by atoms with E-state index in [1.807, 2.05) is 7.05 Å². The second kappa shape index (κ2) is 3.31. The highest BCUT2D eigenvalue weighted by molar-refractivity contribution is 6.33. The van der Waals surface area contributed by atoms with Gasteiger partial charge in [0.05, 0.1) is 5.69 Å². The molecule has 1 heterocycles. The van der Waals surface area contributed by atoms with Crippen LogP contribution in [0.15, 0.2) is 6.07 Å². The van der Waals surface area contributed by atoms with Crippen molar-refractivity contribution in [2.45, 2.75) is 18.9 Å². The molecule has 3 nitrogen and oxygen atoms in total. The average Bonchev–Trinajstić information content (AvgIpc) is 2.91. The predicted octanol–water partition coefficient (Wildman–Crippen LogP) is 2.38. The molecule has 70 valence electrons. The standard InChI is InChI=1S/C8H9Cl2N3/c1-13(5-2-3-5)6-4-7(9)11-12-8(6)10/h4-5H,2-3H2,1H3. The molecule has 1 aromatic heterocycles. The van der Waals surface area contributed by atoms with E-state index in [1.54, 1.807) is 6.07 Å². The quantitative estimate of drug-likeness (QED) is 0.763. The molecule has 0 saturated heterocycles. The number of hydrogen-bond donors (Lipinski definition) is 0. The minimum absolute atomic E-state index is 0.381. The highest BCUT2D eigenvalue weighted by atomic mass is 35.5. The van der Waals surface area contributed by atoms with Gasteiger partial charge in [0.15, 0.2) is 10.3 Å². The third kappa shape index (κ3) is 1.86. The zero-order valence-corrected chi connectivity index (χ0v) is 8.68. The highest BCUT2D eigenvalue weighted by Crippen LogP contribution is 2.33. The van der Waals surface area contributed by atoms with Gasteiger partial charge in [-0.2, -0.15) is 0 Å². The van der Waals surface area contributed by atoms with E-state index >= 15 is 0 Å². The van der Waals surface area contributed by atoms with E-state index in [2.05, 4.69) is 15.1 Å². The van der Waals surface area contributed by atoms with Crippen molar-refractivity contribution in [2.24, 2.45) is 0 Å². The van der Waals surface area contributed by atoms with E-state index in [-0.39, 0.29) is 0 Å². The third-order valence-corrected chi connectivity index (χ3v) is 2.63. The van der Waals surface area contributed by atoms with E-state index in [9.17, 15) is 0 Å². The second-order valence-electron chi connectivity index (χ2n) is 3.19. The summed E-state index contributed by atoms with van der Waals surface area (Å²) in [6.07, 6.45) is 2.43. The number of anilines is 1. The number of rotatable bonds is 2. The maximum absolute atomic E-state index is 5.89. The van der Waals surface area contributed by atoms with Crippen LogP contribution in [0.25, 0.3) is 0 Å². The van der Waals surface area contributed by atoms with Gasteiger partial charge in [-0.3, -0.25) is 0 Å². The van der Waals surface area contributed by atoms with Crippen molar-refractivity contribution < 1.29 is 0 Å². The zero-order chi connectivity index (χ0) is 9.42. The SMILES string of the molecule is CN(c1cc(Cl)nnc1Cl)C1CC1. The van der Waals surface area contributed by atoms with Gasteiger partial charge in [0, 0.05) is 19.2 Å². The van der Waals surface area contributed by atoms with Crippen molar-refractivity contribution in [1.29, 1.82) is 0 Å². The molecule has 0 amide bonds. The molecule has 0 radical (unpaired) electrons. The van der Waals surface area contributed by atoms with Crippen molar-refractivity contribution in [1.82, 2.24) is 10.2 Å². The fourth-order valence-corrected chi connectivity index (χ4v) is 1.62. The molecule has 1 fully saturated rings. The van der Waals surface area contributed by atoms with Crippen LogP contribution in [-0.4, -0.2) is 23.3 Å². The third-order valence-electron chi connectivity index (χ3n) is 2.18. The van der Waals surface area contributed by atoms with Crippen LogP contribution in [0.2, 0.25) is 10.3 Å². The molecule has 0 atom stereocenters. The van der Waals surface area contributed by atoms with E-state index in [4.69, 9.17) is 23.2 Å². The average molecular weight is 218 g/mol. The van der Waals surface area contributed by atoms with Crippen LogP contribution in [0.4, 0.5) is 5.69 Å². The van der Waals surface area contributed by atoms with Gasteiger partial charge in [-0.1, -0.05) is 23.2 Å². The van der Waals surface area contributed by atoms with Gasteiger partial charge in [-0.05, 0) is 12.8 Å². The van der Waals surface area contributed by atoms with Crippen LogP contribution in [0, 0.1) is 0 Å². The lowest BCUT2D eigenvalue weighted by Crippen LogP contribution is -2.20. The fourth-order valence-electron chi connectivity index (χ4n) is 1.25. The molecule has 0 unspecified atom stereocenters.